The van der Waals surface area contributed by atoms with Crippen LogP contribution in [0.1, 0.15) is 0 Å². The van der Waals surface area contributed by atoms with Crippen LogP contribution in [0.4, 0.5) is 0 Å². The Kier molecular flexibility index (Phi) is 5.03. The van der Waals surface area contributed by atoms with Crippen molar-refractivity contribution in [3.05, 3.63) is 121 Å². The maximum absolute atomic E-state index is 9.96. The Bertz CT molecular complexity index is 1620. The fourth-order valence-electron chi connectivity index (χ4n) is 4.77. The summed E-state index contributed by atoms with van der Waals surface area (Å²) in [4.78, 5) is 0. The van der Waals surface area contributed by atoms with Crippen molar-refractivity contribution in [2.75, 3.05) is 0 Å². The number of hydrogen-bond acceptors (Lipinski definition) is 2. The van der Waals surface area contributed by atoms with Crippen LogP contribution in [0.2, 0.25) is 0 Å². The molecule has 4 heteroatoms. The van der Waals surface area contributed by atoms with Gasteiger partial charge in [-0.3, -0.25) is 0 Å². The van der Waals surface area contributed by atoms with Crippen LogP contribution >= 0.6 is 0 Å². The molecule has 34 heavy (non-hydrogen) atoms. The Morgan fingerprint density at radius 2 is 1.09 bits per heavy atom. The SMILES string of the molecule is OB(O)c1cc(-c2ccccc2)cc(-c2ccc3c(c2)c2ccccc2n3-c2ccccc2)c1. The third-order valence-electron chi connectivity index (χ3n) is 6.38. The van der Waals surface area contributed by atoms with Crippen LogP contribution in [0.3, 0.4) is 0 Å². The summed E-state index contributed by atoms with van der Waals surface area (Å²) < 4.78 is 2.29. The van der Waals surface area contributed by atoms with E-state index in [1.165, 1.54) is 5.39 Å². The quantitative estimate of drug-likeness (QED) is 0.341. The predicted molar refractivity (Wildman–Crippen MR) is 141 cm³/mol. The van der Waals surface area contributed by atoms with Crippen molar-refractivity contribution in [2.24, 2.45) is 0 Å². The van der Waals surface area contributed by atoms with Crippen LogP contribution in [0, 0.1) is 0 Å². The maximum Gasteiger partial charge on any atom is 0.488 e. The van der Waals surface area contributed by atoms with Gasteiger partial charge in [-0.1, -0.05) is 84.9 Å². The summed E-state index contributed by atoms with van der Waals surface area (Å²) in [6.45, 7) is 0. The predicted octanol–water partition coefficient (Wildman–Crippen LogP) is 5.80. The summed E-state index contributed by atoms with van der Waals surface area (Å²) in [6.07, 6.45) is 0. The lowest BCUT2D eigenvalue weighted by Gasteiger charge is -2.11. The van der Waals surface area contributed by atoms with Gasteiger partial charge < -0.3 is 14.6 Å². The summed E-state index contributed by atoms with van der Waals surface area (Å²) in [5.41, 5.74) is 7.86. The molecule has 6 aromatic rings. The van der Waals surface area contributed by atoms with Gasteiger partial charge in [-0.2, -0.15) is 0 Å². The van der Waals surface area contributed by atoms with E-state index in [9.17, 15) is 10.0 Å². The summed E-state index contributed by atoms with van der Waals surface area (Å²) in [5.74, 6) is 0. The normalized spacial score (nSPS) is 11.2. The highest BCUT2D eigenvalue weighted by molar-refractivity contribution is 6.58. The van der Waals surface area contributed by atoms with Crippen molar-refractivity contribution >= 4 is 34.4 Å². The average Bonchev–Trinajstić information content (AvgIpc) is 3.23. The molecule has 3 nitrogen and oxygen atoms in total. The molecule has 0 spiro atoms. The van der Waals surface area contributed by atoms with E-state index in [4.69, 9.17) is 0 Å². The van der Waals surface area contributed by atoms with Gasteiger partial charge in [-0.05, 0) is 64.1 Å². The molecule has 5 aromatic carbocycles. The monoisotopic (exact) mass is 439 g/mol. The minimum Gasteiger partial charge on any atom is -0.423 e. The van der Waals surface area contributed by atoms with E-state index < -0.39 is 7.12 Å². The molecule has 0 aliphatic rings. The van der Waals surface area contributed by atoms with Crippen molar-refractivity contribution in [2.45, 2.75) is 0 Å². The molecule has 1 heterocycles. The number of fused-ring (bicyclic) bond motifs is 3. The van der Waals surface area contributed by atoms with Gasteiger partial charge in [-0.15, -0.1) is 0 Å². The first-order valence-electron chi connectivity index (χ1n) is 11.3. The molecule has 1 aromatic heterocycles. The second-order valence-electron chi connectivity index (χ2n) is 8.50. The van der Waals surface area contributed by atoms with Crippen molar-refractivity contribution in [1.82, 2.24) is 4.57 Å². The van der Waals surface area contributed by atoms with E-state index in [-0.39, 0.29) is 0 Å². The lowest BCUT2D eigenvalue weighted by Crippen LogP contribution is -2.29. The van der Waals surface area contributed by atoms with Gasteiger partial charge >= 0.3 is 7.12 Å². The third kappa shape index (κ3) is 3.50. The highest BCUT2D eigenvalue weighted by atomic mass is 16.4. The van der Waals surface area contributed by atoms with Gasteiger partial charge in [-0.25, -0.2) is 0 Å². The fraction of sp³-hybridized carbons (Fsp3) is 0. The second-order valence-corrected chi connectivity index (χ2v) is 8.50. The molecule has 0 saturated carbocycles. The van der Waals surface area contributed by atoms with Crippen LogP contribution in [0.15, 0.2) is 121 Å². The Balaban J connectivity index is 1.58. The van der Waals surface area contributed by atoms with Crippen LogP contribution in [-0.2, 0) is 0 Å². The maximum atomic E-state index is 9.96. The fourth-order valence-corrected chi connectivity index (χ4v) is 4.77. The zero-order valence-electron chi connectivity index (χ0n) is 18.5. The van der Waals surface area contributed by atoms with E-state index in [0.29, 0.717) is 5.46 Å². The van der Waals surface area contributed by atoms with Crippen LogP contribution in [0.5, 0.6) is 0 Å². The van der Waals surface area contributed by atoms with Gasteiger partial charge in [0.05, 0.1) is 11.0 Å². The highest BCUT2D eigenvalue weighted by Crippen LogP contribution is 2.35. The first-order valence-corrected chi connectivity index (χ1v) is 11.3. The molecule has 0 aliphatic heterocycles. The second kappa shape index (κ2) is 8.34. The molecule has 0 atom stereocenters. The van der Waals surface area contributed by atoms with Crippen molar-refractivity contribution in [1.29, 1.82) is 0 Å². The topological polar surface area (TPSA) is 45.4 Å². The number of benzene rings is 5. The molecule has 0 saturated heterocycles. The summed E-state index contributed by atoms with van der Waals surface area (Å²) >= 11 is 0. The van der Waals surface area contributed by atoms with Gasteiger partial charge in [0.15, 0.2) is 0 Å². The molecular weight excluding hydrogens is 417 g/mol. The molecule has 0 unspecified atom stereocenters. The van der Waals surface area contributed by atoms with Crippen LogP contribution in [-0.4, -0.2) is 21.7 Å². The van der Waals surface area contributed by atoms with Crippen molar-refractivity contribution in [3.63, 3.8) is 0 Å². The molecule has 6 rings (SSSR count). The van der Waals surface area contributed by atoms with Crippen molar-refractivity contribution in [3.8, 4) is 27.9 Å². The summed E-state index contributed by atoms with van der Waals surface area (Å²) in [5, 5.41) is 22.3. The minimum absolute atomic E-state index is 0.475. The Labute approximate surface area is 198 Å². The lowest BCUT2D eigenvalue weighted by molar-refractivity contribution is 0.426. The minimum atomic E-state index is -1.54. The molecule has 0 aliphatic carbocycles. The number of para-hydroxylation sites is 2. The van der Waals surface area contributed by atoms with E-state index in [2.05, 4.69) is 77.4 Å². The average molecular weight is 439 g/mol. The Morgan fingerprint density at radius 3 is 1.82 bits per heavy atom. The lowest BCUT2D eigenvalue weighted by atomic mass is 9.77. The zero-order valence-corrected chi connectivity index (χ0v) is 18.5. The van der Waals surface area contributed by atoms with Crippen LogP contribution in [0.25, 0.3) is 49.7 Å². The molecule has 2 N–H and O–H groups in total. The van der Waals surface area contributed by atoms with Gasteiger partial charge in [0, 0.05) is 16.5 Å². The van der Waals surface area contributed by atoms with Crippen molar-refractivity contribution < 1.29 is 10.0 Å². The van der Waals surface area contributed by atoms with Gasteiger partial charge in [0.2, 0.25) is 0 Å². The zero-order chi connectivity index (χ0) is 23.1. The standard InChI is InChI=1S/C30H22BNO2/c33-31(34)25-18-23(21-9-3-1-4-10-21)17-24(19-25)22-15-16-30-28(20-22)27-13-7-8-14-29(27)32(30)26-11-5-2-6-12-26/h1-20,33-34H. The number of aromatic nitrogens is 1. The molecule has 0 bridgehead atoms. The molecule has 0 radical (unpaired) electrons. The molecule has 0 amide bonds. The number of rotatable bonds is 4. The number of nitrogens with zero attached hydrogens (tertiary/aromatic N) is 1. The summed E-state index contributed by atoms with van der Waals surface area (Å²) in [6, 6.07) is 41.1. The Hall–Kier alpha value is -4.12. The first kappa shape index (κ1) is 20.5. The van der Waals surface area contributed by atoms with Gasteiger partial charge in [0.1, 0.15) is 0 Å². The summed E-state index contributed by atoms with van der Waals surface area (Å²) in [7, 11) is -1.54. The molecular formula is C30H22BNO2. The van der Waals surface area contributed by atoms with E-state index in [0.717, 1.165) is 44.4 Å². The highest BCUT2D eigenvalue weighted by Gasteiger charge is 2.16. The van der Waals surface area contributed by atoms with E-state index in [1.54, 1.807) is 0 Å². The first-order chi connectivity index (χ1) is 16.7. The smallest absolute Gasteiger partial charge is 0.423 e. The largest absolute Gasteiger partial charge is 0.488 e. The van der Waals surface area contributed by atoms with E-state index in [1.807, 2.05) is 48.5 Å². The Morgan fingerprint density at radius 1 is 0.471 bits per heavy atom. The molecule has 162 valence electrons. The van der Waals surface area contributed by atoms with E-state index >= 15 is 0 Å². The molecule has 0 fully saturated rings. The van der Waals surface area contributed by atoms with Gasteiger partial charge in [0.25, 0.3) is 0 Å². The van der Waals surface area contributed by atoms with Crippen LogP contribution < -0.4 is 5.46 Å². The third-order valence-corrected chi connectivity index (χ3v) is 6.38. The number of hydrogen-bond donors (Lipinski definition) is 2.